The fourth-order valence-electron chi connectivity index (χ4n) is 0.912. The van der Waals surface area contributed by atoms with Gasteiger partial charge in [0.25, 0.3) is 0 Å². The molecule has 0 aliphatic carbocycles. The third-order valence-corrected chi connectivity index (χ3v) is 2.42. The normalized spacial score (nSPS) is 14.7. The maximum Gasteiger partial charge on any atom is 0.441 e. The number of hydrogen-bond donors (Lipinski definition) is 4. The van der Waals surface area contributed by atoms with Gasteiger partial charge in [-0.15, -0.1) is 0 Å². The number of halogens is 3. The van der Waals surface area contributed by atoms with E-state index in [1.807, 2.05) is 5.32 Å². The summed E-state index contributed by atoms with van der Waals surface area (Å²) in [4.78, 5) is 21.7. The lowest BCUT2D eigenvalue weighted by Crippen LogP contribution is -2.51. The van der Waals surface area contributed by atoms with Gasteiger partial charge in [0.15, 0.2) is 6.04 Å². The largest absolute Gasteiger partial charge is 0.480 e. The number of nitrogens with one attached hydrogen (secondary N) is 2. The Hall–Kier alpha value is -1.16. The van der Waals surface area contributed by atoms with E-state index in [4.69, 9.17) is 10.2 Å². The maximum atomic E-state index is 11.7. The van der Waals surface area contributed by atoms with Crippen molar-refractivity contribution in [3.8, 4) is 0 Å². The maximum absolute atomic E-state index is 11.7. The average Bonchev–Trinajstić information content (AvgIpc) is 2.18. The third kappa shape index (κ3) is 8.01. The van der Waals surface area contributed by atoms with Gasteiger partial charge in [0, 0.05) is 12.3 Å². The molecule has 0 saturated carbocycles. The minimum Gasteiger partial charge on any atom is -0.480 e. The van der Waals surface area contributed by atoms with E-state index >= 15 is 0 Å². The quantitative estimate of drug-likeness (QED) is 0.530. The van der Waals surface area contributed by atoms with E-state index in [0.717, 1.165) is 0 Å². The van der Waals surface area contributed by atoms with Crippen LogP contribution in [-0.2, 0) is 4.79 Å². The third-order valence-electron chi connectivity index (χ3n) is 1.69. The molecule has 2 amide bonds. The minimum atomic E-state index is -4.37. The summed E-state index contributed by atoms with van der Waals surface area (Å²) in [6, 6.07) is -2.47. The van der Waals surface area contributed by atoms with Crippen LogP contribution in [0.5, 0.6) is 0 Å². The summed E-state index contributed by atoms with van der Waals surface area (Å²) < 4.78 is 35.2. The number of hydrogen-bond acceptors (Lipinski definition) is 4. The van der Waals surface area contributed by atoms with Crippen LogP contribution in [0, 0.1) is 0 Å². The van der Waals surface area contributed by atoms with E-state index in [1.165, 1.54) is 6.92 Å². The van der Waals surface area contributed by atoms with Crippen molar-refractivity contribution in [1.29, 1.82) is 0 Å². The monoisotopic (exact) mass is 290 g/mol. The second-order valence-corrected chi connectivity index (χ2v) is 4.41. The molecule has 0 rings (SSSR count). The minimum absolute atomic E-state index is 0.276. The van der Waals surface area contributed by atoms with Gasteiger partial charge in [-0.1, -0.05) is 0 Å². The van der Waals surface area contributed by atoms with Crippen molar-refractivity contribution in [1.82, 2.24) is 10.6 Å². The molecule has 0 saturated heterocycles. The number of alkyl halides is 3. The van der Waals surface area contributed by atoms with E-state index < -0.39 is 29.7 Å². The van der Waals surface area contributed by atoms with Crippen LogP contribution in [-0.4, -0.2) is 52.2 Å². The second kappa shape index (κ2) is 7.31. The van der Waals surface area contributed by atoms with E-state index in [9.17, 15) is 22.8 Å². The molecule has 0 fully saturated rings. The highest BCUT2D eigenvalue weighted by molar-refractivity contribution is 8.00. The Kier molecular flexibility index (Phi) is 6.84. The van der Waals surface area contributed by atoms with Crippen LogP contribution < -0.4 is 10.6 Å². The lowest BCUT2D eigenvalue weighted by Gasteiger charge is -2.17. The molecule has 0 aromatic heterocycles. The molecule has 2 atom stereocenters. The Balaban J connectivity index is 3.93. The molecule has 10 heteroatoms. The summed E-state index contributed by atoms with van der Waals surface area (Å²) in [5, 5.41) is 21.6. The molecule has 106 valence electrons. The van der Waals surface area contributed by atoms with Crippen molar-refractivity contribution in [2.75, 3.05) is 12.3 Å². The first-order valence-corrected chi connectivity index (χ1v) is 5.78. The van der Waals surface area contributed by atoms with E-state index in [1.54, 1.807) is 0 Å². The lowest BCUT2D eigenvalue weighted by molar-refractivity contribution is -0.141. The number of carboxylic acids is 1. The van der Waals surface area contributed by atoms with Crippen molar-refractivity contribution in [3.63, 3.8) is 0 Å². The van der Waals surface area contributed by atoms with Crippen molar-refractivity contribution in [2.24, 2.45) is 0 Å². The zero-order valence-electron chi connectivity index (χ0n) is 9.32. The van der Waals surface area contributed by atoms with Gasteiger partial charge < -0.3 is 20.8 Å². The molecule has 0 aliphatic heterocycles. The number of rotatable bonds is 6. The number of thioether (sulfide) groups is 1. The van der Waals surface area contributed by atoms with Crippen molar-refractivity contribution < 1.29 is 33.0 Å². The molecule has 0 radical (unpaired) electrons. The van der Waals surface area contributed by atoms with Crippen molar-refractivity contribution in [3.05, 3.63) is 0 Å². The number of carbonyl (C=O) groups is 2. The van der Waals surface area contributed by atoms with E-state index in [2.05, 4.69) is 5.32 Å². The van der Waals surface area contributed by atoms with Crippen LogP contribution in [0.2, 0.25) is 0 Å². The van der Waals surface area contributed by atoms with Crippen molar-refractivity contribution >= 4 is 23.8 Å². The van der Waals surface area contributed by atoms with Gasteiger partial charge in [0.2, 0.25) is 0 Å². The molecule has 18 heavy (non-hydrogen) atoms. The summed E-state index contributed by atoms with van der Waals surface area (Å²) in [7, 11) is 0. The second-order valence-electron chi connectivity index (χ2n) is 3.25. The fraction of sp³-hybridized carbons (Fsp3) is 0.750. The molecule has 0 aromatic rings. The molecule has 0 bridgehead atoms. The first-order valence-electron chi connectivity index (χ1n) is 4.79. The highest BCUT2D eigenvalue weighted by atomic mass is 32.2. The molecule has 0 aromatic carbocycles. The Morgan fingerprint density at radius 3 is 2.33 bits per heavy atom. The molecule has 0 aliphatic rings. The molecule has 6 nitrogen and oxygen atoms in total. The SMILES string of the molecule is CC(O)C(NC(=O)NCCSC(F)(F)F)C(=O)O. The number of carbonyl (C=O) groups excluding carboxylic acids is 1. The highest BCUT2D eigenvalue weighted by Gasteiger charge is 2.28. The Bertz CT molecular complexity index is 299. The number of aliphatic hydroxyl groups excluding tert-OH is 1. The zero-order valence-corrected chi connectivity index (χ0v) is 10.1. The summed E-state index contributed by atoms with van der Waals surface area (Å²) in [6.45, 7) is 0.890. The smallest absolute Gasteiger partial charge is 0.441 e. The van der Waals surface area contributed by atoms with Crippen LogP contribution in [0.1, 0.15) is 6.92 Å². The number of carboxylic acid groups (broad SMARTS) is 1. The standard InChI is InChI=1S/C8H13F3N2O4S/c1-4(14)5(6(15)16)13-7(17)12-2-3-18-8(9,10)11/h4-5,14H,2-3H2,1H3,(H,15,16)(H2,12,13,17). The van der Waals surface area contributed by atoms with E-state index in [-0.39, 0.29) is 24.1 Å². The number of urea groups is 1. The highest BCUT2D eigenvalue weighted by Crippen LogP contribution is 2.29. The average molecular weight is 290 g/mol. The van der Waals surface area contributed by atoms with Gasteiger partial charge in [0.1, 0.15) is 0 Å². The van der Waals surface area contributed by atoms with Gasteiger partial charge in [-0.05, 0) is 18.7 Å². The first kappa shape index (κ1) is 16.8. The predicted octanol–water partition coefficient (Wildman–Crippen LogP) is 0.373. The summed E-state index contributed by atoms with van der Waals surface area (Å²) in [5.41, 5.74) is -4.37. The van der Waals surface area contributed by atoms with Gasteiger partial charge in [-0.25, -0.2) is 9.59 Å². The van der Waals surface area contributed by atoms with Gasteiger partial charge in [0.05, 0.1) is 6.10 Å². The van der Waals surface area contributed by atoms with Gasteiger partial charge in [-0.2, -0.15) is 13.2 Å². The van der Waals surface area contributed by atoms with Crippen LogP contribution in [0.25, 0.3) is 0 Å². The summed E-state index contributed by atoms with van der Waals surface area (Å²) >= 11 is -0.301. The molecular formula is C8H13F3N2O4S. The van der Waals surface area contributed by atoms with Crippen LogP contribution in [0.4, 0.5) is 18.0 Å². The molecule has 2 unspecified atom stereocenters. The van der Waals surface area contributed by atoms with Gasteiger partial charge >= 0.3 is 17.5 Å². The molecule has 4 N–H and O–H groups in total. The van der Waals surface area contributed by atoms with Crippen LogP contribution in [0.3, 0.4) is 0 Å². The van der Waals surface area contributed by atoms with Crippen LogP contribution >= 0.6 is 11.8 Å². The molecular weight excluding hydrogens is 277 g/mol. The molecule has 0 heterocycles. The Morgan fingerprint density at radius 2 is 1.94 bits per heavy atom. The number of amides is 2. The Labute approximate surface area is 105 Å². The van der Waals surface area contributed by atoms with Gasteiger partial charge in [-0.3, -0.25) is 0 Å². The zero-order chi connectivity index (χ0) is 14.3. The summed E-state index contributed by atoms with van der Waals surface area (Å²) in [5.74, 6) is -1.83. The topological polar surface area (TPSA) is 98.7 Å². The first-order chi connectivity index (χ1) is 8.13. The van der Waals surface area contributed by atoms with Crippen LogP contribution in [0.15, 0.2) is 0 Å². The fourth-order valence-corrected chi connectivity index (χ4v) is 1.35. The van der Waals surface area contributed by atoms with E-state index in [0.29, 0.717) is 0 Å². The Morgan fingerprint density at radius 1 is 1.39 bits per heavy atom. The predicted molar refractivity (Wildman–Crippen MR) is 58.2 cm³/mol. The summed E-state index contributed by atoms with van der Waals surface area (Å²) in [6.07, 6.45) is -1.32. The number of aliphatic hydroxyl groups is 1. The van der Waals surface area contributed by atoms with Crippen molar-refractivity contribution in [2.45, 2.75) is 24.6 Å². The molecule has 0 spiro atoms. The lowest BCUT2D eigenvalue weighted by atomic mass is 10.2. The number of aliphatic carboxylic acids is 1.